The summed E-state index contributed by atoms with van der Waals surface area (Å²) in [5.41, 5.74) is 1.54. The van der Waals surface area contributed by atoms with E-state index in [1.165, 1.54) is 62.0 Å². The number of hydrogen-bond acceptors (Lipinski definition) is 2. The Hall–Kier alpha value is -0.470. The van der Waals surface area contributed by atoms with E-state index < -0.39 is 0 Å². The molecule has 1 N–H and O–H groups in total. The van der Waals surface area contributed by atoms with Crippen molar-refractivity contribution < 1.29 is 0 Å². The molecule has 0 radical (unpaired) electrons. The van der Waals surface area contributed by atoms with Gasteiger partial charge in [-0.15, -0.1) is 11.8 Å². The van der Waals surface area contributed by atoms with Crippen molar-refractivity contribution in [2.24, 2.45) is 5.92 Å². The predicted octanol–water partition coefficient (Wildman–Crippen LogP) is 5.56. The zero-order valence-electron chi connectivity index (χ0n) is 13.3. The van der Waals surface area contributed by atoms with E-state index in [2.05, 4.69) is 36.5 Å². The third kappa shape index (κ3) is 4.04. The number of benzene rings is 1. The zero-order valence-corrected chi connectivity index (χ0v) is 14.1. The first-order chi connectivity index (χ1) is 10.4. The molecular formula is C19H29NS. The molecule has 0 amide bonds. The highest BCUT2D eigenvalue weighted by molar-refractivity contribution is 7.99. The lowest BCUT2D eigenvalue weighted by molar-refractivity contribution is 0.376. The summed E-state index contributed by atoms with van der Waals surface area (Å²) in [6.07, 6.45) is 11.2. The van der Waals surface area contributed by atoms with Crippen LogP contribution in [0.3, 0.4) is 0 Å². The normalized spacial score (nSPS) is 29.7. The largest absolute Gasteiger partial charge is 0.307 e. The summed E-state index contributed by atoms with van der Waals surface area (Å²) >= 11 is 2.03. The number of fused-ring (bicyclic) bond motifs is 1. The van der Waals surface area contributed by atoms with Crippen LogP contribution in [0.5, 0.6) is 0 Å². The van der Waals surface area contributed by atoms with E-state index in [0.29, 0.717) is 6.04 Å². The second-order valence-corrected chi connectivity index (χ2v) is 7.89. The molecule has 3 rings (SSSR count). The molecule has 1 aromatic carbocycles. The molecule has 0 saturated heterocycles. The minimum Gasteiger partial charge on any atom is -0.307 e. The molecule has 1 aromatic rings. The second kappa shape index (κ2) is 7.69. The maximum atomic E-state index is 4.00. The van der Waals surface area contributed by atoms with Gasteiger partial charge in [-0.05, 0) is 49.0 Å². The molecule has 0 bridgehead atoms. The van der Waals surface area contributed by atoms with Gasteiger partial charge in [-0.3, -0.25) is 0 Å². The smallest absolute Gasteiger partial charge is 0.0341 e. The van der Waals surface area contributed by atoms with Crippen molar-refractivity contribution in [3.8, 4) is 0 Å². The van der Waals surface area contributed by atoms with Crippen LogP contribution >= 0.6 is 11.8 Å². The third-order valence-electron chi connectivity index (χ3n) is 5.18. The van der Waals surface area contributed by atoms with E-state index in [-0.39, 0.29) is 0 Å². The molecule has 3 unspecified atom stereocenters. The number of rotatable bonds is 4. The summed E-state index contributed by atoms with van der Waals surface area (Å²) in [7, 11) is 0. The van der Waals surface area contributed by atoms with Gasteiger partial charge in [0.1, 0.15) is 0 Å². The summed E-state index contributed by atoms with van der Waals surface area (Å²) in [5.74, 6) is 2.26. The van der Waals surface area contributed by atoms with Crippen molar-refractivity contribution in [2.45, 2.75) is 75.3 Å². The summed E-state index contributed by atoms with van der Waals surface area (Å²) in [6.45, 7) is 2.33. The molecule has 3 atom stereocenters. The molecule has 21 heavy (non-hydrogen) atoms. The quantitative estimate of drug-likeness (QED) is 0.731. The lowest BCUT2D eigenvalue weighted by Crippen LogP contribution is -2.34. The molecule has 1 fully saturated rings. The molecule has 1 saturated carbocycles. The van der Waals surface area contributed by atoms with E-state index in [1.807, 2.05) is 11.8 Å². The van der Waals surface area contributed by atoms with Gasteiger partial charge < -0.3 is 5.32 Å². The van der Waals surface area contributed by atoms with Gasteiger partial charge in [-0.2, -0.15) is 0 Å². The average molecular weight is 304 g/mol. The van der Waals surface area contributed by atoms with E-state index in [4.69, 9.17) is 0 Å². The van der Waals surface area contributed by atoms with Crippen molar-refractivity contribution in [3.63, 3.8) is 0 Å². The fourth-order valence-corrected chi connectivity index (χ4v) is 5.17. The van der Waals surface area contributed by atoms with Gasteiger partial charge in [0.05, 0.1) is 0 Å². The lowest BCUT2D eigenvalue weighted by Gasteiger charge is -2.30. The molecule has 0 spiro atoms. The molecule has 2 aliphatic rings. The summed E-state index contributed by atoms with van der Waals surface area (Å²) in [5, 5.41) is 4.00. The monoisotopic (exact) mass is 303 g/mol. The Labute approximate surface area is 134 Å². The molecular weight excluding hydrogens is 274 g/mol. The lowest BCUT2D eigenvalue weighted by atomic mass is 9.95. The van der Waals surface area contributed by atoms with Crippen LogP contribution in [0, 0.1) is 5.92 Å². The molecule has 1 nitrogen and oxygen atoms in total. The van der Waals surface area contributed by atoms with Crippen LogP contribution in [0.15, 0.2) is 29.2 Å². The Morgan fingerprint density at radius 2 is 2.00 bits per heavy atom. The SMILES string of the molecule is CCCC1CCCC(NC2CCSc3ccccc32)CC1. The Kier molecular flexibility index (Phi) is 5.65. The first-order valence-corrected chi connectivity index (χ1v) is 9.83. The molecule has 0 aromatic heterocycles. The average Bonchev–Trinajstić information content (AvgIpc) is 2.74. The van der Waals surface area contributed by atoms with Crippen molar-refractivity contribution in [2.75, 3.05) is 5.75 Å². The summed E-state index contributed by atoms with van der Waals surface area (Å²) in [6, 6.07) is 10.3. The first kappa shape index (κ1) is 15.4. The molecule has 116 valence electrons. The van der Waals surface area contributed by atoms with Gasteiger partial charge in [0.25, 0.3) is 0 Å². The first-order valence-electron chi connectivity index (χ1n) is 8.84. The van der Waals surface area contributed by atoms with Crippen LogP contribution in [0.2, 0.25) is 0 Å². The molecule has 1 aliphatic heterocycles. The number of nitrogens with one attached hydrogen (secondary N) is 1. The highest BCUT2D eigenvalue weighted by Gasteiger charge is 2.24. The Bertz CT molecular complexity index is 445. The van der Waals surface area contributed by atoms with Crippen LogP contribution in [0.1, 0.15) is 69.9 Å². The Morgan fingerprint density at radius 3 is 2.90 bits per heavy atom. The number of thioether (sulfide) groups is 1. The predicted molar refractivity (Wildman–Crippen MR) is 92.9 cm³/mol. The van der Waals surface area contributed by atoms with Crippen molar-refractivity contribution in [1.82, 2.24) is 5.32 Å². The van der Waals surface area contributed by atoms with Crippen LogP contribution in [0.25, 0.3) is 0 Å². The fourth-order valence-electron chi connectivity index (χ4n) is 4.04. The van der Waals surface area contributed by atoms with Gasteiger partial charge in [-0.1, -0.05) is 50.8 Å². The standard InChI is InChI=1S/C19H29NS/c1-2-6-15-7-5-8-16(12-11-15)20-18-13-14-21-19-10-4-3-9-17(18)19/h3-4,9-10,15-16,18,20H,2,5-8,11-14H2,1H3. The maximum absolute atomic E-state index is 4.00. The minimum atomic E-state index is 0.593. The second-order valence-electron chi connectivity index (χ2n) is 6.75. The highest BCUT2D eigenvalue weighted by atomic mass is 32.2. The third-order valence-corrected chi connectivity index (χ3v) is 6.30. The van der Waals surface area contributed by atoms with E-state index >= 15 is 0 Å². The van der Waals surface area contributed by atoms with Crippen LogP contribution in [-0.4, -0.2) is 11.8 Å². The van der Waals surface area contributed by atoms with Gasteiger partial charge in [0.15, 0.2) is 0 Å². The van der Waals surface area contributed by atoms with Crippen LogP contribution in [0.4, 0.5) is 0 Å². The molecule has 1 aliphatic carbocycles. The van der Waals surface area contributed by atoms with Crippen molar-refractivity contribution in [3.05, 3.63) is 29.8 Å². The van der Waals surface area contributed by atoms with Crippen LogP contribution < -0.4 is 5.32 Å². The minimum absolute atomic E-state index is 0.593. The topological polar surface area (TPSA) is 12.0 Å². The maximum Gasteiger partial charge on any atom is 0.0341 e. The Balaban J connectivity index is 1.60. The van der Waals surface area contributed by atoms with Crippen LogP contribution in [-0.2, 0) is 0 Å². The number of hydrogen-bond donors (Lipinski definition) is 1. The van der Waals surface area contributed by atoms with Gasteiger partial charge in [0.2, 0.25) is 0 Å². The van der Waals surface area contributed by atoms with E-state index in [9.17, 15) is 0 Å². The van der Waals surface area contributed by atoms with Gasteiger partial charge >= 0.3 is 0 Å². The molecule has 2 heteroatoms. The van der Waals surface area contributed by atoms with Gasteiger partial charge in [-0.25, -0.2) is 0 Å². The van der Waals surface area contributed by atoms with E-state index in [0.717, 1.165) is 12.0 Å². The summed E-state index contributed by atoms with van der Waals surface area (Å²) in [4.78, 5) is 1.50. The fraction of sp³-hybridized carbons (Fsp3) is 0.684. The van der Waals surface area contributed by atoms with Crippen molar-refractivity contribution >= 4 is 11.8 Å². The Morgan fingerprint density at radius 1 is 1.10 bits per heavy atom. The van der Waals surface area contributed by atoms with E-state index in [1.54, 1.807) is 5.56 Å². The summed E-state index contributed by atoms with van der Waals surface area (Å²) < 4.78 is 0. The zero-order chi connectivity index (χ0) is 14.5. The highest BCUT2D eigenvalue weighted by Crippen LogP contribution is 2.37. The van der Waals surface area contributed by atoms with Gasteiger partial charge in [0, 0.05) is 17.0 Å². The van der Waals surface area contributed by atoms with Crippen molar-refractivity contribution in [1.29, 1.82) is 0 Å². The molecule has 1 heterocycles.